The number of benzene rings is 2. The van der Waals surface area contributed by atoms with E-state index in [0.717, 1.165) is 39.7 Å². The zero-order chi connectivity index (χ0) is 34.3. The second-order valence-corrected chi connectivity index (χ2v) is 17.2. The molecule has 6 aromatic rings. The van der Waals surface area contributed by atoms with Gasteiger partial charge in [-0.15, -0.1) is 53.6 Å². The number of halogens is 1. The van der Waals surface area contributed by atoms with E-state index in [9.17, 15) is 4.39 Å². The van der Waals surface area contributed by atoms with E-state index in [4.69, 9.17) is 9.90 Å². The van der Waals surface area contributed by atoms with E-state index in [-0.39, 0.29) is 31.5 Å². The minimum atomic E-state index is -2.13. The maximum absolute atomic E-state index is 13.5. The van der Waals surface area contributed by atoms with Crippen LogP contribution in [0.4, 0.5) is 4.39 Å². The number of pyridine rings is 3. The van der Waals surface area contributed by atoms with Gasteiger partial charge in [-0.1, -0.05) is 88.4 Å². The molecule has 0 atom stereocenters. The van der Waals surface area contributed by atoms with Gasteiger partial charge in [0.25, 0.3) is 0 Å². The van der Waals surface area contributed by atoms with Gasteiger partial charge in [0.05, 0.1) is 19.9 Å². The van der Waals surface area contributed by atoms with Crippen LogP contribution >= 0.6 is 0 Å². The van der Waals surface area contributed by atoms with Crippen LogP contribution in [0.5, 0.6) is 0 Å². The second-order valence-electron chi connectivity index (χ2n) is 12.2. The Morgan fingerprint density at radius 2 is 1.70 bits per heavy atom. The normalized spacial score (nSPS) is 13.4. The first-order valence-electron chi connectivity index (χ1n) is 16.3. The quantitative estimate of drug-likeness (QED) is 0.129. The molecule has 0 bridgehead atoms. The fourth-order valence-electron chi connectivity index (χ4n) is 4.93. The molecule has 4 heterocycles. The molecule has 44 heavy (non-hydrogen) atoms. The van der Waals surface area contributed by atoms with Crippen LogP contribution in [0.15, 0.2) is 77.6 Å². The van der Waals surface area contributed by atoms with Crippen molar-refractivity contribution in [2.45, 2.75) is 66.0 Å². The van der Waals surface area contributed by atoms with Gasteiger partial charge >= 0.3 is 0 Å². The molecule has 0 unspecified atom stereocenters. The summed E-state index contributed by atoms with van der Waals surface area (Å²) in [5.74, 6) is -0.691. The molecule has 0 aliphatic heterocycles. The monoisotopic (exact) mass is 784 g/mol. The Kier molecular flexibility index (Phi) is 8.68. The number of rotatable bonds is 5. The molecule has 0 spiro atoms. The molecule has 0 aliphatic carbocycles. The van der Waals surface area contributed by atoms with Gasteiger partial charge in [-0.3, -0.25) is 0 Å². The van der Waals surface area contributed by atoms with Crippen LogP contribution in [-0.2, 0) is 20.1 Å². The van der Waals surface area contributed by atoms with Crippen LogP contribution in [0.1, 0.15) is 61.7 Å². The first-order chi connectivity index (χ1) is 21.9. The summed E-state index contributed by atoms with van der Waals surface area (Å²) >= 11 is 0. The minimum Gasteiger partial charge on any atom is -0.486 e. The van der Waals surface area contributed by atoms with E-state index in [1.165, 1.54) is 22.9 Å². The van der Waals surface area contributed by atoms with Crippen molar-refractivity contribution in [1.29, 1.82) is 0 Å². The minimum absolute atomic E-state index is 0. The zero-order valence-corrected chi connectivity index (χ0v) is 29.4. The van der Waals surface area contributed by atoms with E-state index < -0.39 is 20.8 Å². The van der Waals surface area contributed by atoms with Crippen molar-refractivity contribution in [3.8, 4) is 22.5 Å². The molecule has 229 valence electrons. The van der Waals surface area contributed by atoms with Crippen molar-refractivity contribution < 1.29 is 34.4 Å². The van der Waals surface area contributed by atoms with Gasteiger partial charge in [-0.2, -0.15) is 0 Å². The Labute approximate surface area is 280 Å². The van der Waals surface area contributed by atoms with E-state index in [0.29, 0.717) is 22.6 Å². The maximum Gasteiger partial charge on any atom is 0.216 e. The SMILES string of the molecule is CC(C)c1ccnc(-c2[c-]ccc3c2oc2ncc(F)cc23)c1.[2H]C([2H])([2H])c1c[c-]c(-c2cc(C([2H])(C)C)c([Si](C)(C)C)cn2)cc1.[Ir]. The largest absolute Gasteiger partial charge is 0.486 e. The molecule has 4 nitrogen and oxygen atoms in total. The third kappa shape index (κ3) is 7.23. The fourth-order valence-corrected chi connectivity index (χ4v) is 6.51. The molecule has 4 aromatic heterocycles. The number of aromatic nitrogens is 3. The van der Waals surface area contributed by atoms with E-state index >= 15 is 0 Å². The van der Waals surface area contributed by atoms with Gasteiger partial charge in [0.2, 0.25) is 5.71 Å². The average molecular weight is 784 g/mol. The Morgan fingerprint density at radius 1 is 0.909 bits per heavy atom. The van der Waals surface area contributed by atoms with E-state index in [1.807, 2.05) is 44.3 Å². The number of furan rings is 1. The van der Waals surface area contributed by atoms with Crippen LogP contribution in [0, 0.1) is 24.8 Å². The predicted molar refractivity (Wildman–Crippen MR) is 178 cm³/mol. The van der Waals surface area contributed by atoms with Crippen LogP contribution in [0.3, 0.4) is 0 Å². The maximum atomic E-state index is 13.5. The van der Waals surface area contributed by atoms with Gasteiger partial charge in [0, 0.05) is 43.4 Å². The van der Waals surface area contributed by atoms with Gasteiger partial charge in [-0.25, -0.2) is 9.37 Å². The molecule has 2 aromatic carbocycles. The molecular formula is C37H38FIrN3OSi-2. The molecule has 0 saturated heterocycles. The Bertz CT molecular complexity index is 2050. The zero-order valence-electron chi connectivity index (χ0n) is 30.0. The number of fused-ring (bicyclic) bond motifs is 3. The third-order valence-electron chi connectivity index (χ3n) is 7.30. The standard InChI is InChI=1S/C19H14FN2O.C18H24NSi.Ir/c1-11(2)12-6-7-21-17(8-12)15-5-3-4-14-16-9-13(20)10-22-19(16)23-18(14)15;1-13(2)16-11-17(15-9-7-14(3)8-10-15)19-12-18(16)20(4,5)6;/h3-4,6-11H,1-2H3;7-9,11-13H,1-6H3;/q2*-1;/i;3D3,13D;. The second kappa shape index (κ2) is 13.6. The summed E-state index contributed by atoms with van der Waals surface area (Å²) in [5.41, 5.74) is 6.53. The number of hydrogen-bond donors (Lipinski definition) is 0. The number of nitrogens with zero attached hydrogens (tertiary/aromatic N) is 3. The van der Waals surface area contributed by atoms with Gasteiger partial charge < -0.3 is 14.4 Å². The molecule has 0 aliphatic rings. The van der Waals surface area contributed by atoms with Crippen LogP contribution in [0.2, 0.25) is 19.6 Å². The first kappa shape index (κ1) is 28.0. The molecule has 0 amide bonds. The third-order valence-corrected chi connectivity index (χ3v) is 9.32. The molecule has 0 fully saturated rings. The van der Waals surface area contributed by atoms with Crippen molar-refractivity contribution in [2.24, 2.45) is 0 Å². The molecule has 1 radical (unpaired) electrons. The van der Waals surface area contributed by atoms with Crippen molar-refractivity contribution in [3.05, 3.63) is 108 Å². The molecule has 6 rings (SSSR count). The topological polar surface area (TPSA) is 51.8 Å². The van der Waals surface area contributed by atoms with Crippen molar-refractivity contribution in [2.75, 3.05) is 0 Å². The van der Waals surface area contributed by atoms with Crippen LogP contribution in [0.25, 0.3) is 44.6 Å². The van der Waals surface area contributed by atoms with Gasteiger partial charge in [0.15, 0.2) is 0 Å². The number of hydrogen-bond acceptors (Lipinski definition) is 4. The average Bonchev–Trinajstić information content (AvgIpc) is 3.38. The fraction of sp³-hybridized carbons (Fsp3) is 0.270. The van der Waals surface area contributed by atoms with Crippen LogP contribution < -0.4 is 5.19 Å². The summed E-state index contributed by atoms with van der Waals surface area (Å²) in [6, 6.07) is 22.2. The molecule has 0 N–H and O–H groups in total. The Balaban J connectivity index is 0.000000212. The molecule has 7 heteroatoms. The summed E-state index contributed by atoms with van der Waals surface area (Å²) in [6.07, 6.45) is 4.84. The van der Waals surface area contributed by atoms with Crippen molar-refractivity contribution in [1.82, 2.24) is 15.0 Å². The van der Waals surface area contributed by atoms with Crippen molar-refractivity contribution in [3.63, 3.8) is 0 Å². The Morgan fingerprint density at radius 3 is 2.36 bits per heavy atom. The summed E-state index contributed by atoms with van der Waals surface area (Å²) in [6.45, 7) is 12.7. The van der Waals surface area contributed by atoms with Crippen molar-refractivity contribution >= 4 is 35.3 Å². The predicted octanol–water partition coefficient (Wildman–Crippen LogP) is 9.63. The first-order valence-corrected chi connectivity index (χ1v) is 17.8. The molecule has 0 saturated carbocycles. The Hall–Kier alpha value is -3.51. The van der Waals surface area contributed by atoms with E-state index in [2.05, 4.69) is 60.6 Å². The summed E-state index contributed by atoms with van der Waals surface area (Å²) in [7, 11) is -1.61. The van der Waals surface area contributed by atoms with Crippen LogP contribution in [-0.4, -0.2) is 23.0 Å². The summed E-state index contributed by atoms with van der Waals surface area (Å²) in [5, 5.41) is 2.66. The summed E-state index contributed by atoms with van der Waals surface area (Å²) < 4.78 is 50.1. The number of aryl methyl sites for hydroxylation is 1. The van der Waals surface area contributed by atoms with Gasteiger partial charge in [0.1, 0.15) is 5.82 Å². The smallest absolute Gasteiger partial charge is 0.216 e. The molecular weight excluding hydrogens is 742 g/mol. The summed E-state index contributed by atoms with van der Waals surface area (Å²) in [4.78, 5) is 13.0. The van der Waals surface area contributed by atoms with Gasteiger partial charge in [-0.05, 0) is 40.5 Å². The van der Waals surface area contributed by atoms with E-state index in [1.54, 1.807) is 24.4 Å².